The number of anilines is 1. The summed E-state index contributed by atoms with van der Waals surface area (Å²) in [7, 11) is 0. The first-order chi connectivity index (χ1) is 13.7. The van der Waals surface area contributed by atoms with Gasteiger partial charge in [0, 0.05) is 13.0 Å². The molecule has 2 aromatic heterocycles. The number of rotatable bonds is 7. The fraction of sp³-hybridized carbons (Fsp3) is 0.238. The van der Waals surface area contributed by atoms with Crippen LogP contribution in [0.2, 0.25) is 0 Å². The molecule has 142 valence electrons. The molecule has 0 aliphatic heterocycles. The van der Waals surface area contributed by atoms with Crippen LogP contribution in [0.5, 0.6) is 0 Å². The minimum Gasteiger partial charge on any atom is -0.324 e. The van der Waals surface area contributed by atoms with Gasteiger partial charge in [0.05, 0.1) is 28.3 Å². The van der Waals surface area contributed by atoms with E-state index in [4.69, 9.17) is 0 Å². The van der Waals surface area contributed by atoms with Crippen molar-refractivity contribution in [2.45, 2.75) is 32.2 Å². The molecule has 0 saturated carbocycles. The summed E-state index contributed by atoms with van der Waals surface area (Å²) >= 11 is 0. The number of nitrogens with zero attached hydrogens (tertiary/aromatic N) is 3. The standard InChI is InChI=1S/C21H21N5O2/c27-19(25-21-23-17-10-5-6-11-18(17)24-21)12-2-1-7-13-26-14-22-16-9-4-3-8-15(16)20(26)28/h3-6,8-11,14H,1-2,7,12-13H2,(H2,23,24,25,27). The van der Waals surface area contributed by atoms with Gasteiger partial charge in [0.15, 0.2) is 0 Å². The molecule has 0 atom stereocenters. The lowest BCUT2D eigenvalue weighted by Crippen LogP contribution is -2.20. The number of carbonyl (C=O) groups excluding carboxylic acids is 1. The molecular weight excluding hydrogens is 354 g/mol. The number of imidazole rings is 1. The van der Waals surface area contributed by atoms with Crippen molar-refractivity contribution in [1.29, 1.82) is 0 Å². The van der Waals surface area contributed by atoms with Crippen molar-refractivity contribution in [3.63, 3.8) is 0 Å². The Hall–Kier alpha value is -3.48. The van der Waals surface area contributed by atoms with Crippen molar-refractivity contribution in [1.82, 2.24) is 19.5 Å². The van der Waals surface area contributed by atoms with Crippen molar-refractivity contribution in [2.75, 3.05) is 5.32 Å². The predicted octanol–water partition coefficient (Wildman–Crippen LogP) is 3.47. The van der Waals surface area contributed by atoms with Crippen LogP contribution in [0.1, 0.15) is 25.7 Å². The molecule has 0 aliphatic rings. The van der Waals surface area contributed by atoms with E-state index in [1.165, 1.54) is 0 Å². The van der Waals surface area contributed by atoms with Crippen LogP contribution in [-0.2, 0) is 11.3 Å². The van der Waals surface area contributed by atoms with Gasteiger partial charge in [0.25, 0.3) is 5.56 Å². The number of H-pyrrole nitrogens is 1. The Kier molecular flexibility index (Phi) is 5.14. The molecule has 7 nitrogen and oxygen atoms in total. The van der Waals surface area contributed by atoms with E-state index in [9.17, 15) is 9.59 Å². The zero-order valence-corrected chi connectivity index (χ0v) is 15.4. The summed E-state index contributed by atoms with van der Waals surface area (Å²) in [5, 5.41) is 3.43. The minimum atomic E-state index is -0.0661. The monoisotopic (exact) mass is 375 g/mol. The molecule has 0 aliphatic carbocycles. The third-order valence-corrected chi connectivity index (χ3v) is 4.68. The summed E-state index contributed by atoms with van der Waals surface area (Å²) in [5.41, 5.74) is 2.42. The molecule has 28 heavy (non-hydrogen) atoms. The molecule has 1 amide bonds. The number of benzene rings is 2. The molecule has 4 aromatic rings. The molecule has 2 aromatic carbocycles. The Balaban J connectivity index is 1.24. The summed E-state index contributed by atoms with van der Waals surface area (Å²) in [6, 6.07) is 15.0. The number of unbranched alkanes of at least 4 members (excludes halogenated alkanes) is 2. The van der Waals surface area contributed by atoms with Gasteiger partial charge in [-0.2, -0.15) is 0 Å². The fourth-order valence-corrected chi connectivity index (χ4v) is 3.22. The van der Waals surface area contributed by atoms with Crippen LogP contribution in [0.15, 0.2) is 59.7 Å². The average Bonchev–Trinajstić information content (AvgIpc) is 3.11. The average molecular weight is 375 g/mol. The number of amides is 1. The first kappa shape index (κ1) is 17.9. The molecule has 0 spiro atoms. The molecule has 2 heterocycles. The van der Waals surface area contributed by atoms with Crippen molar-refractivity contribution >= 4 is 33.8 Å². The lowest BCUT2D eigenvalue weighted by atomic mass is 10.2. The van der Waals surface area contributed by atoms with Gasteiger partial charge in [-0.1, -0.05) is 30.7 Å². The van der Waals surface area contributed by atoms with E-state index < -0.39 is 0 Å². The van der Waals surface area contributed by atoms with Gasteiger partial charge in [-0.25, -0.2) is 9.97 Å². The number of hydrogen-bond donors (Lipinski definition) is 2. The van der Waals surface area contributed by atoms with Gasteiger partial charge in [0.1, 0.15) is 0 Å². The second-order valence-corrected chi connectivity index (χ2v) is 6.72. The zero-order valence-electron chi connectivity index (χ0n) is 15.4. The van der Waals surface area contributed by atoms with Gasteiger partial charge >= 0.3 is 0 Å². The molecule has 0 bridgehead atoms. The Morgan fingerprint density at radius 2 is 1.79 bits per heavy atom. The van der Waals surface area contributed by atoms with Crippen molar-refractivity contribution in [3.05, 3.63) is 65.2 Å². The van der Waals surface area contributed by atoms with E-state index in [1.54, 1.807) is 17.0 Å². The Morgan fingerprint density at radius 1 is 1.00 bits per heavy atom. The van der Waals surface area contributed by atoms with E-state index in [1.807, 2.05) is 42.5 Å². The van der Waals surface area contributed by atoms with E-state index in [-0.39, 0.29) is 11.5 Å². The maximum atomic E-state index is 12.4. The molecule has 0 radical (unpaired) electrons. The number of aromatic nitrogens is 4. The number of fused-ring (bicyclic) bond motifs is 2. The normalized spacial score (nSPS) is 11.1. The van der Waals surface area contributed by atoms with E-state index in [0.717, 1.165) is 30.3 Å². The molecule has 4 rings (SSSR count). The number of para-hydroxylation sites is 3. The predicted molar refractivity (Wildman–Crippen MR) is 109 cm³/mol. The lowest BCUT2D eigenvalue weighted by molar-refractivity contribution is -0.116. The summed E-state index contributed by atoms with van der Waals surface area (Å²) in [6.07, 6.45) is 4.44. The second kappa shape index (κ2) is 8.04. The van der Waals surface area contributed by atoms with Gasteiger partial charge in [-0.3, -0.25) is 19.5 Å². The van der Waals surface area contributed by atoms with Gasteiger partial charge in [0.2, 0.25) is 11.9 Å². The molecule has 0 saturated heterocycles. The first-order valence-electron chi connectivity index (χ1n) is 9.39. The van der Waals surface area contributed by atoms with Crippen LogP contribution in [0.3, 0.4) is 0 Å². The topological polar surface area (TPSA) is 92.7 Å². The maximum absolute atomic E-state index is 12.4. The minimum absolute atomic E-state index is 0.0202. The summed E-state index contributed by atoms with van der Waals surface area (Å²) < 4.78 is 1.64. The zero-order chi connectivity index (χ0) is 19.3. The van der Waals surface area contributed by atoms with Crippen LogP contribution in [0, 0.1) is 0 Å². The SMILES string of the molecule is O=C(CCCCCn1cnc2ccccc2c1=O)Nc1nc2ccccc2[nH]1. The van der Waals surface area contributed by atoms with Crippen LogP contribution in [0.4, 0.5) is 5.95 Å². The number of hydrogen-bond acceptors (Lipinski definition) is 4. The van der Waals surface area contributed by atoms with E-state index in [0.29, 0.717) is 29.8 Å². The van der Waals surface area contributed by atoms with Gasteiger partial charge in [-0.15, -0.1) is 0 Å². The largest absolute Gasteiger partial charge is 0.324 e. The summed E-state index contributed by atoms with van der Waals surface area (Å²) in [4.78, 5) is 36.3. The number of aryl methyl sites for hydroxylation is 1. The smallest absolute Gasteiger partial charge is 0.261 e. The maximum Gasteiger partial charge on any atom is 0.261 e. The van der Waals surface area contributed by atoms with Crippen LogP contribution < -0.4 is 10.9 Å². The molecule has 0 unspecified atom stereocenters. The second-order valence-electron chi connectivity index (χ2n) is 6.72. The number of carbonyl (C=O) groups is 1. The number of aromatic amines is 1. The number of nitrogens with one attached hydrogen (secondary N) is 2. The Labute approximate surface area is 161 Å². The van der Waals surface area contributed by atoms with Gasteiger partial charge < -0.3 is 4.98 Å². The Morgan fingerprint density at radius 3 is 2.64 bits per heavy atom. The fourth-order valence-electron chi connectivity index (χ4n) is 3.22. The van der Waals surface area contributed by atoms with Crippen LogP contribution in [0.25, 0.3) is 21.9 Å². The van der Waals surface area contributed by atoms with Crippen molar-refractivity contribution in [2.24, 2.45) is 0 Å². The third-order valence-electron chi connectivity index (χ3n) is 4.68. The summed E-state index contributed by atoms with van der Waals surface area (Å²) in [6.45, 7) is 0.599. The highest BCUT2D eigenvalue weighted by molar-refractivity contribution is 5.91. The highest BCUT2D eigenvalue weighted by atomic mass is 16.1. The highest BCUT2D eigenvalue weighted by Gasteiger charge is 2.07. The highest BCUT2D eigenvalue weighted by Crippen LogP contribution is 2.14. The third kappa shape index (κ3) is 3.93. The molecular formula is C21H21N5O2. The van der Waals surface area contributed by atoms with Crippen molar-refractivity contribution in [3.8, 4) is 0 Å². The Bertz CT molecular complexity index is 1150. The van der Waals surface area contributed by atoms with Gasteiger partial charge in [-0.05, 0) is 37.1 Å². The first-order valence-corrected chi connectivity index (χ1v) is 9.39. The van der Waals surface area contributed by atoms with Crippen LogP contribution in [-0.4, -0.2) is 25.4 Å². The quantitative estimate of drug-likeness (QED) is 0.484. The lowest BCUT2D eigenvalue weighted by Gasteiger charge is -2.06. The van der Waals surface area contributed by atoms with E-state index >= 15 is 0 Å². The van der Waals surface area contributed by atoms with E-state index in [2.05, 4.69) is 20.3 Å². The van der Waals surface area contributed by atoms with Crippen molar-refractivity contribution < 1.29 is 4.79 Å². The molecule has 7 heteroatoms. The molecule has 0 fully saturated rings. The molecule has 2 N–H and O–H groups in total. The van der Waals surface area contributed by atoms with Crippen LogP contribution >= 0.6 is 0 Å². The summed E-state index contributed by atoms with van der Waals surface area (Å²) in [5.74, 6) is 0.406.